The number of pyridine rings is 1. The molecule has 0 saturated heterocycles. The quantitative estimate of drug-likeness (QED) is 0.785. The van der Waals surface area contributed by atoms with Crippen molar-refractivity contribution in [1.82, 2.24) is 4.98 Å². The Morgan fingerprint density at radius 1 is 1.15 bits per heavy atom. The summed E-state index contributed by atoms with van der Waals surface area (Å²) in [5, 5.41) is 0. The van der Waals surface area contributed by atoms with E-state index in [1.54, 1.807) is 4.90 Å². The van der Waals surface area contributed by atoms with E-state index in [1.165, 1.54) is 0 Å². The van der Waals surface area contributed by atoms with E-state index in [2.05, 4.69) is 4.98 Å². The first-order chi connectivity index (χ1) is 12.4. The highest BCUT2D eigenvalue weighted by molar-refractivity contribution is 5.97. The lowest BCUT2D eigenvalue weighted by atomic mass is 10.0. The molecule has 5 nitrogen and oxygen atoms in total. The van der Waals surface area contributed by atoms with Gasteiger partial charge in [-0.1, -0.05) is 18.2 Å². The molecule has 3 rings (SSSR count). The van der Waals surface area contributed by atoms with Gasteiger partial charge in [-0.3, -0.25) is 9.78 Å². The third-order valence-corrected chi connectivity index (χ3v) is 4.03. The van der Waals surface area contributed by atoms with Crippen LogP contribution in [0.25, 0.3) is 0 Å². The molecule has 0 N–H and O–H groups in total. The highest BCUT2D eigenvalue weighted by Crippen LogP contribution is 2.28. The van der Waals surface area contributed by atoms with Gasteiger partial charge in [0.25, 0.3) is 5.91 Å². The van der Waals surface area contributed by atoms with Gasteiger partial charge in [-0.25, -0.2) is 4.79 Å². The molecule has 0 unspecified atom stereocenters. The topological polar surface area (TPSA) is 59.5 Å². The van der Waals surface area contributed by atoms with Crippen molar-refractivity contribution in [3.05, 3.63) is 59.4 Å². The second-order valence-electron chi connectivity index (χ2n) is 5.78. The lowest BCUT2D eigenvalue weighted by molar-refractivity contribution is -0.141. The molecule has 136 valence electrons. The minimum Gasteiger partial charge on any atom is -0.452 e. The SMILES string of the molecule is O=C(OCC(=O)N1CCCc2ccccc21)c1ccc(C(F)(F)F)nc1. The van der Waals surface area contributed by atoms with Crippen molar-refractivity contribution < 1.29 is 27.5 Å². The summed E-state index contributed by atoms with van der Waals surface area (Å²) in [7, 11) is 0. The summed E-state index contributed by atoms with van der Waals surface area (Å²) in [5.41, 5.74) is 0.584. The number of rotatable bonds is 3. The van der Waals surface area contributed by atoms with Crippen LogP contribution < -0.4 is 4.90 Å². The Kier molecular flexibility index (Phi) is 4.92. The number of carbonyl (C=O) groups excluding carboxylic acids is 2. The van der Waals surface area contributed by atoms with Gasteiger partial charge in [0.05, 0.1) is 5.56 Å². The fraction of sp³-hybridized carbons (Fsp3) is 0.278. The summed E-state index contributed by atoms with van der Waals surface area (Å²) >= 11 is 0. The van der Waals surface area contributed by atoms with Crippen LogP contribution in [0.4, 0.5) is 18.9 Å². The number of esters is 1. The molecule has 0 atom stereocenters. The van der Waals surface area contributed by atoms with Crippen molar-refractivity contribution in [2.45, 2.75) is 19.0 Å². The summed E-state index contributed by atoms with van der Waals surface area (Å²) in [5.74, 6) is -1.28. The minimum absolute atomic E-state index is 0.148. The van der Waals surface area contributed by atoms with Crippen LogP contribution in [0.15, 0.2) is 42.6 Å². The van der Waals surface area contributed by atoms with Crippen LogP contribution in [0, 0.1) is 0 Å². The van der Waals surface area contributed by atoms with Crippen molar-refractivity contribution in [1.29, 1.82) is 0 Å². The van der Waals surface area contributed by atoms with Gasteiger partial charge in [0.1, 0.15) is 5.69 Å². The molecule has 1 amide bonds. The van der Waals surface area contributed by atoms with Crippen LogP contribution in [-0.2, 0) is 22.1 Å². The number of aryl methyl sites for hydroxylation is 1. The van der Waals surface area contributed by atoms with Gasteiger partial charge in [0.2, 0.25) is 0 Å². The van der Waals surface area contributed by atoms with Gasteiger partial charge in [-0.2, -0.15) is 13.2 Å². The van der Waals surface area contributed by atoms with Crippen LogP contribution in [-0.4, -0.2) is 30.0 Å². The highest BCUT2D eigenvalue weighted by atomic mass is 19.4. The fourth-order valence-electron chi connectivity index (χ4n) is 2.76. The number of halogens is 3. The van der Waals surface area contributed by atoms with E-state index in [0.717, 1.165) is 36.4 Å². The van der Waals surface area contributed by atoms with E-state index in [4.69, 9.17) is 4.74 Å². The lowest BCUT2D eigenvalue weighted by Gasteiger charge is -2.29. The summed E-state index contributed by atoms with van der Waals surface area (Å²) < 4.78 is 42.4. The van der Waals surface area contributed by atoms with Gasteiger partial charge in [0, 0.05) is 18.4 Å². The fourth-order valence-corrected chi connectivity index (χ4v) is 2.76. The molecule has 2 heterocycles. The van der Waals surface area contributed by atoms with Gasteiger partial charge in [-0.15, -0.1) is 0 Å². The number of aromatic nitrogens is 1. The predicted molar refractivity (Wildman–Crippen MR) is 86.6 cm³/mol. The zero-order chi connectivity index (χ0) is 18.7. The second-order valence-corrected chi connectivity index (χ2v) is 5.78. The third-order valence-electron chi connectivity index (χ3n) is 4.03. The van der Waals surface area contributed by atoms with Gasteiger partial charge >= 0.3 is 12.1 Å². The number of alkyl halides is 3. The molecule has 1 aliphatic heterocycles. The minimum atomic E-state index is -4.58. The number of anilines is 1. The zero-order valence-electron chi connectivity index (χ0n) is 13.6. The first-order valence-corrected chi connectivity index (χ1v) is 7.95. The maximum Gasteiger partial charge on any atom is 0.433 e. The number of fused-ring (bicyclic) bond motifs is 1. The average Bonchev–Trinajstić information content (AvgIpc) is 2.64. The molecule has 1 aromatic carbocycles. The molecule has 0 fully saturated rings. The van der Waals surface area contributed by atoms with E-state index in [0.29, 0.717) is 12.6 Å². The number of hydrogen-bond acceptors (Lipinski definition) is 4. The first kappa shape index (κ1) is 17.9. The van der Waals surface area contributed by atoms with E-state index < -0.39 is 24.4 Å². The number of ether oxygens (including phenoxy) is 1. The summed E-state index contributed by atoms with van der Waals surface area (Å²) in [4.78, 5) is 29.0. The smallest absolute Gasteiger partial charge is 0.433 e. The number of nitrogens with zero attached hydrogens (tertiary/aromatic N) is 2. The molecule has 1 aromatic heterocycles. The normalized spacial score (nSPS) is 13.9. The van der Waals surface area contributed by atoms with Crippen LogP contribution in [0.1, 0.15) is 28.0 Å². The Labute approximate surface area is 147 Å². The Hall–Kier alpha value is -2.90. The van der Waals surface area contributed by atoms with E-state index in [9.17, 15) is 22.8 Å². The van der Waals surface area contributed by atoms with Crippen LogP contribution in [0.3, 0.4) is 0 Å². The number of carbonyl (C=O) groups is 2. The standard InChI is InChI=1S/C18H15F3N2O3/c19-18(20,21)15-8-7-13(10-22-15)17(25)26-11-16(24)23-9-3-5-12-4-1-2-6-14(12)23/h1-2,4,6-8,10H,3,5,9,11H2. The van der Waals surface area contributed by atoms with E-state index in [1.807, 2.05) is 24.3 Å². The van der Waals surface area contributed by atoms with Crippen LogP contribution >= 0.6 is 0 Å². The summed E-state index contributed by atoms with van der Waals surface area (Å²) in [6.45, 7) is 0.0312. The maximum absolute atomic E-state index is 12.5. The highest BCUT2D eigenvalue weighted by Gasteiger charge is 2.32. The molecule has 26 heavy (non-hydrogen) atoms. The first-order valence-electron chi connectivity index (χ1n) is 7.95. The molecule has 0 spiro atoms. The number of hydrogen-bond donors (Lipinski definition) is 0. The van der Waals surface area contributed by atoms with Crippen molar-refractivity contribution >= 4 is 17.6 Å². The number of benzene rings is 1. The van der Waals surface area contributed by atoms with Crippen LogP contribution in [0.5, 0.6) is 0 Å². The van der Waals surface area contributed by atoms with Gasteiger partial charge in [-0.05, 0) is 36.6 Å². The van der Waals surface area contributed by atoms with Crippen molar-refractivity contribution in [2.24, 2.45) is 0 Å². The molecule has 8 heteroatoms. The van der Waals surface area contributed by atoms with Gasteiger partial charge < -0.3 is 9.64 Å². The Morgan fingerprint density at radius 3 is 2.62 bits per heavy atom. The second kappa shape index (κ2) is 7.15. The summed E-state index contributed by atoms with van der Waals surface area (Å²) in [6, 6.07) is 9.15. The van der Waals surface area contributed by atoms with Crippen molar-refractivity contribution in [3.8, 4) is 0 Å². The molecule has 2 aromatic rings. The molecule has 0 radical (unpaired) electrons. The molecular formula is C18H15F3N2O3. The lowest BCUT2D eigenvalue weighted by Crippen LogP contribution is -2.38. The van der Waals surface area contributed by atoms with E-state index >= 15 is 0 Å². The van der Waals surface area contributed by atoms with Crippen molar-refractivity contribution in [3.63, 3.8) is 0 Å². The van der Waals surface area contributed by atoms with Gasteiger partial charge in [0.15, 0.2) is 6.61 Å². The number of para-hydroxylation sites is 1. The van der Waals surface area contributed by atoms with Crippen molar-refractivity contribution in [2.75, 3.05) is 18.1 Å². The number of amides is 1. The zero-order valence-corrected chi connectivity index (χ0v) is 13.6. The van der Waals surface area contributed by atoms with Crippen LogP contribution in [0.2, 0.25) is 0 Å². The average molecular weight is 364 g/mol. The monoisotopic (exact) mass is 364 g/mol. The largest absolute Gasteiger partial charge is 0.452 e. The molecule has 0 saturated carbocycles. The Bertz CT molecular complexity index is 819. The Morgan fingerprint density at radius 2 is 1.92 bits per heavy atom. The predicted octanol–water partition coefficient (Wildman–Crippen LogP) is 3.24. The maximum atomic E-state index is 12.5. The van der Waals surface area contributed by atoms with E-state index in [-0.39, 0.29) is 11.5 Å². The Balaban J connectivity index is 1.62. The summed E-state index contributed by atoms with van der Waals surface area (Å²) in [6.07, 6.45) is -2.12. The molecular weight excluding hydrogens is 349 g/mol. The molecule has 0 aliphatic carbocycles. The third kappa shape index (κ3) is 3.84. The molecule has 0 bridgehead atoms. The molecule has 1 aliphatic rings.